The Balaban J connectivity index is 2.18. The molecule has 0 radical (unpaired) electrons. The molecular weight excluding hydrogens is 342 g/mol. The topological polar surface area (TPSA) is 76.1 Å². The van der Waals surface area contributed by atoms with Crippen LogP contribution in [0.2, 0.25) is 0 Å². The molecule has 0 spiro atoms. The van der Waals surface area contributed by atoms with Gasteiger partial charge < -0.3 is 19.5 Å². The zero-order chi connectivity index (χ0) is 15.4. The van der Waals surface area contributed by atoms with E-state index < -0.39 is 11.9 Å². The number of carbonyl (C=O) groups is 2. The van der Waals surface area contributed by atoms with E-state index in [4.69, 9.17) is 14.6 Å². The molecule has 6 nitrogen and oxygen atoms in total. The number of halogens is 1. The number of methoxy groups -OCH3 is 1. The summed E-state index contributed by atoms with van der Waals surface area (Å²) in [6.07, 6.45) is 0. The molecule has 7 heteroatoms. The van der Waals surface area contributed by atoms with Gasteiger partial charge in [0.1, 0.15) is 24.8 Å². The van der Waals surface area contributed by atoms with E-state index in [-0.39, 0.29) is 32.2 Å². The second-order valence-electron chi connectivity index (χ2n) is 4.69. The zero-order valence-electron chi connectivity index (χ0n) is 11.5. The molecule has 0 bridgehead atoms. The van der Waals surface area contributed by atoms with Crippen LogP contribution in [-0.2, 0) is 14.3 Å². The Hall–Kier alpha value is -1.60. The fourth-order valence-corrected chi connectivity index (χ4v) is 2.62. The van der Waals surface area contributed by atoms with Crippen molar-refractivity contribution >= 4 is 27.8 Å². The zero-order valence-corrected chi connectivity index (χ0v) is 13.1. The Bertz CT molecular complexity index is 548. The lowest BCUT2D eigenvalue weighted by Crippen LogP contribution is -2.41. The molecule has 114 valence electrons. The van der Waals surface area contributed by atoms with Gasteiger partial charge in [0.25, 0.3) is 0 Å². The van der Waals surface area contributed by atoms with Crippen LogP contribution in [0.25, 0.3) is 0 Å². The Kier molecular flexibility index (Phi) is 5.19. The van der Waals surface area contributed by atoms with E-state index in [1.54, 1.807) is 6.07 Å². The molecule has 1 N–H and O–H groups in total. The second kappa shape index (κ2) is 6.91. The number of nitrogens with zero attached hydrogens (tertiary/aromatic N) is 1. The molecule has 1 atom stereocenters. The summed E-state index contributed by atoms with van der Waals surface area (Å²) in [6, 6.07) is 5.47. The molecule has 0 saturated heterocycles. The molecule has 0 aromatic heterocycles. The Morgan fingerprint density at radius 2 is 2.29 bits per heavy atom. The van der Waals surface area contributed by atoms with Crippen LogP contribution in [0.4, 0.5) is 0 Å². The highest BCUT2D eigenvalue weighted by Gasteiger charge is 2.34. The number of hydrogen-bond donors (Lipinski definition) is 1. The Morgan fingerprint density at radius 3 is 2.95 bits per heavy atom. The van der Waals surface area contributed by atoms with Crippen molar-refractivity contribution in [1.82, 2.24) is 4.90 Å². The van der Waals surface area contributed by atoms with Crippen molar-refractivity contribution in [2.45, 2.75) is 5.92 Å². The summed E-state index contributed by atoms with van der Waals surface area (Å²) < 4.78 is 11.3. The van der Waals surface area contributed by atoms with Crippen molar-refractivity contribution in [2.24, 2.45) is 0 Å². The number of hydrogen-bond acceptors (Lipinski definition) is 4. The van der Waals surface area contributed by atoms with E-state index >= 15 is 0 Å². The summed E-state index contributed by atoms with van der Waals surface area (Å²) in [7, 11) is 1.51. The third-order valence-electron chi connectivity index (χ3n) is 3.25. The molecule has 1 aromatic carbocycles. The van der Waals surface area contributed by atoms with E-state index in [1.165, 1.54) is 12.0 Å². The smallest absolute Gasteiger partial charge is 0.323 e. The summed E-state index contributed by atoms with van der Waals surface area (Å²) in [4.78, 5) is 24.8. The summed E-state index contributed by atoms with van der Waals surface area (Å²) in [5.41, 5.74) is 0.780. The maximum absolute atomic E-state index is 12.6. The van der Waals surface area contributed by atoms with Crippen LogP contribution in [0.1, 0.15) is 11.5 Å². The van der Waals surface area contributed by atoms with Crippen molar-refractivity contribution in [3.8, 4) is 5.75 Å². The lowest BCUT2D eigenvalue weighted by molar-refractivity contribution is -0.145. The van der Waals surface area contributed by atoms with E-state index in [9.17, 15) is 9.59 Å². The fraction of sp³-hybridized carbons (Fsp3) is 0.429. The molecular formula is C14H16BrNO5. The van der Waals surface area contributed by atoms with Gasteiger partial charge in [-0.05, 0) is 18.2 Å². The first-order chi connectivity index (χ1) is 10.0. The summed E-state index contributed by atoms with van der Waals surface area (Å²) in [5.74, 6) is -1.12. The number of amides is 1. The first kappa shape index (κ1) is 15.8. The van der Waals surface area contributed by atoms with Gasteiger partial charge in [-0.2, -0.15) is 0 Å². The average molecular weight is 358 g/mol. The lowest BCUT2D eigenvalue weighted by Gasteiger charge is -2.23. The van der Waals surface area contributed by atoms with Crippen LogP contribution in [0, 0.1) is 0 Å². The van der Waals surface area contributed by atoms with E-state index in [0.717, 1.165) is 10.0 Å². The Morgan fingerprint density at radius 1 is 1.52 bits per heavy atom. The molecule has 2 rings (SSSR count). The minimum absolute atomic E-state index is 0.230. The Labute approximate surface area is 130 Å². The number of carbonyl (C=O) groups excluding carboxylic acids is 1. The molecule has 0 saturated carbocycles. The van der Waals surface area contributed by atoms with Gasteiger partial charge >= 0.3 is 5.97 Å². The predicted molar refractivity (Wildman–Crippen MR) is 78.5 cm³/mol. The number of aliphatic carboxylic acids is 1. The van der Waals surface area contributed by atoms with Gasteiger partial charge in [-0.15, -0.1) is 0 Å². The predicted octanol–water partition coefficient (Wildman–Crippen LogP) is 1.48. The highest BCUT2D eigenvalue weighted by Crippen LogP contribution is 2.36. The lowest BCUT2D eigenvalue weighted by atomic mass is 10.00. The molecule has 0 aliphatic carbocycles. The third-order valence-corrected chi connectivity index (χ3v) is 3.75. The fourth-order valence-electron chi connectivity index (χ4n) is 2.24. The number of rotatable bonds is 6. The monoisotopic (exact) mass is 357 g/mol. The van der Waals surface area contributed by atoms with Gasteiger partial charge in [-0.1, -0.05) is 15.9 Å². The van der Waals surface area contributed by atoms with Crippen molar-refractivity contribution in [3.05, 3.63) is 28.2 Å². The summed E-state index contributed by atoms with van der Waals surface area (Å²) >= 11 is 3.37. The molecule has 1 aliphatic rings. The van der Waals surface area contributed by atoms with Crippen LogP contribution in [-0.4, -0.2) is 55.3 Å². The number of benzene rings is 1. The van der Waals surface area contributed by atoms with Gasteiger partial charge in [0, 0.05) is 23.7 Å². The maximum atomic E-state index is 12.6. The number of ether oxygens (including phenoxy) is 2. The van der Waals surface area contributed by atoms with Crippen molar-refractivity contribution in [1.29, 1.82) is 0 Å². The van der Waals surface area contributed by atoms with Gasteiger partial charge in [-0.25, -0.2) is 0 Å². The normalized spacial score (nSPS) is 16.2. The minimum atomic E-state index is -1.05. The van der Waals surface area contributed by atoms with Gasteiger partial charge in [0.05, 0.1) is 6.61 Å². The van der Waals surface area contributed by atoms with Gasteiger partial charge in [0.15, 0.2) is 0 Å². The van der Waals surface area contributed by atoms with Crippen LogP contribution in [0.15, 0.2) is 22.7 Å². The highest BCUT2D eigenvalue weighted by molar-refractivity contribution is 9.10. The van der Waals surface area contributed by atoms with Crippen molar-refractivity contribution in [2.75, 3.05) is 33.4 Å². The molecule has 21 heavy (non-hydrogen) atoms. The van der Waals surface area contributed by atoms with Crippen LogP contribution >= 0.6 is 15.9 Å². The first-order valence-electron chi connectivity index (χ1n) is 6.44. The molecule has 0 fully saturated rings. The van der Waals surface area contributed by atoms with Crippen LogP contribution < -0.4 is 4.74 Å². The highest BCUT2D eigenvalue weighted by atomic mass is 79.9. The minimum Gasteiger partial charge on any atom is -0.492 e. The van der Waals surface area contributed by atoms with Crippen molar-refractivity contribution < 1.29 is 24.2 Å². The molecule has 1 heterocycles. The molecule has 1 unspecified atom stereocenters. The maximum Gasteiger partial charge on any atom is 0.323 e. The molecule has 1 amide bonds. The van der Waals surface area contributed by atoms with Crippen molar-refractivity contribution in [3.63, 3.8) is 0 Å². The van der Waals surface area contributed by atoms with E-state index in [0.29, 0.717) is 5.75 Å². The third kappa shape index (κ3) is 3.74. The number of carboxylic acid groups (broad SMARTS) is 1. The van der Waals surface area contributed by atoms with E-state index in [1.807, 2.05) is 12.1 Å². The number of fused-ring (bicyclic) bond motifs is 1. The molecule has 1 aliphatic heterocycles. The molecule has 1 aromatic rings. The van der Waals surface area contributed by atoms with Crippen LogP contribution in [0.5, 0.6) is 5.75 Å². The summed E-state index contributed by atoms with van der Waals surface area (Å²) in [6.45, 7) is 0.412. The SMILES string of the molecule is COCCN(CC(=O)O)C(=O)C1COc2ccc(Br)cc21. The largest absolute Gasteiger partial charge is 0.492 e. The van der Waals surface area contributed by atoms with Crippen LogP contribution in [0.3, 0.4) is 0 Å². The second-order valence-corrected chi connectivity index (χ2v) is 5.61. The van der Waals surface area contributed by atoms with E-state index in [2.05, 4.69) is 15.9 Å². The summed E-state index contributed by atoms with van der Waals surface area (Å²) in [5, 5.41) is 8.94. The first-order valence-corrected chi connectivity index (χ1v) is 7.24. The average Bonchev–Trinajstić information content (AvgIpc) is 2.85. The quantitative estimate of drug-likeness (QED) is 0.834. The standard InChI is InChI=1S/C14H16BrNO5/c1-20-5-4-16(7-13(17)18)14(19)11-8-21-12-3-2-9(15)6-10(11)12/h2-3,6,11H,4-5,7-8H2,1H3,(H,17,18). The van der Waals surface area contributed by atoms with Gasteiger partial charge in [-0.3, -0.25) is 9.59 Å². The van der Waals surface area contributed by atoms with Gasteiger partial charge in [0.2, 0.25) is 5.91 Å². The number of carboxylic acids is 1.